The lowest BCUT2D eigenvalue weighted by atomic mass is 10.1. The van der Waals surface area contributed by atoms with Crippen LogP contribution in [0.15, 0.2) is 18.2 Å². The molecule has 0 amide bonds. The summed E-state index contributed by atoms with van der Waals surface area (Å²) in [6.07, 6.45) is 0. The highest BCUT2D eigenvalue weighted by atomic mass is 16.4. The van der Waals surface area contributed by atoms with Crippen molar-refractivity contribution < 1.29 is 15.0 Å². The molecule has 4 nitrogen and oxygen atoms in total. The Labute approximate surface area is 88.8 Å². The number of rotatable bonds is 4. The molecule has 1 aromatic carbocycles. The molecule has 4 heteroatoms. The molecular weight excluding hydrogens is 194 g/mol. The standard InChI is InChI=1S/C11H15NO3/c1-8-3-4-9(11(14)15)10(7-8)12(2)5-6-13/h3-4,7,13H,5-6H2,1-2H3,(H,14,15). The van der Waals surface area contributed by atoms with Gasteiger partial charge in [-0.05, 0) is 24.6 Å². The smallest absolute Gasteiger partial charge is 0.337 e. The quantitative estimate of drug-likeness (QED) is 0.780. The molecule has 0 saturated heterocycles. The van der Waals surface area contributed by atoms with E-state index in [2.05, 4.69) is 0 Å². The maximum Gasteiger partial charge on any atom is 0.337 e. The maximum absolute atomic E-state index is 11.0. The molecule has 0 aliphatic heterocycles. The molecule has 0 saturated carbocycles. The Bertz CT molecular complexity index is 363. The number of carboxylic acid groups (broad SMARTS) is 1. The van der Waals surface area contributed by atoms with Crippen LogP contribution in [0.1, 0.15) is 15.9 Å². The van der Waals surface area contributed by atoms with Gasteiger partial charge in [-0.25, -0.2) is 4.79 Å². The summed E-state index contributed by atoms with van der Waals surface area (Å²) >= 11 is 0. The highest BCUT2D eigenvalue weighted by Gasteiger charge is 2.12. The number of carbonyl (C=O) groups is 1. The number of anilines is 1. The molecule has 15 heavy (non-hydrogen) atoms. The zero-order chi connectivity index (χ0) is 11.4. The van der Waals surface area contributed by atoms with E-state index in [0.29, 0.717) is 12.2 Å². The molecule has 0 aliphatic carbocycles. The highest BCUT2D eigenvalue weighted by molar-refractivity contribution is 5.94. The minimum Gasteiger partial charge on any atom is -0.478 e. The van der Waals surface area contributed by atoms with Crippen LogP contribution in [0.4, 0.5) is 5.69 Å². The lowest BCUT2D eigenvalue weighted by Crippen LogP contribution is -2.23. The van der Waals surface area contributed by atoms with Gasteiger partial charge in [0, 0.05) is 13.6 Å². The first-order chi connectivity index (χ1) is 7.06. The van der Waals surface area contributed by atoms with Crippen molar-refractivity contribution in [1.82, 2.24) is 0 Å². The zero-order valence-electron chi connectivity index (χ0n) is 8.90. The van der Waals surface area contributed by atoms with Gasteiger partial charge in [0.1, 0.15) is 0 Å². The third kappa shape index (κ3) is 2.70. The van der Waals surface area contributed by atoms with E-state index in [1.807, 2.05) is 6.92 Å². The third-order valence-corrected chi connectivity index (χ3v) is 2.23. The van der Waals surface area contributed by atoms with Gasteiger partial charge in [-0.1, -0.05) is 6.07 Å². The number of benzene rings is 1. The normalized spacial score (nSPS) is 10.1. The largest absolute Gasteiger partial charge is 0.478 e. The van der Waals surface area contributed by atoms with Crippen LogP contribution < -0.4 is 4.90 Å². The molecule has 0 aromatic heterocycles. The lowest BCUT2D eigenvalue weighted by Gasteiger charge is -2.20. The van der Waals surface area contributed by atoms with E-state index in [1.165, 1.54) is 0 Å². The van der Waals surface area contributed by atoms with Crippen LogP contribution in [0, 0.1) is 6.92 Å². The number of aliphatic hydroxyl groups is 1. The van der Waals surface area contributed by atoms with Gasteiger partial charge in [-0.3, -0.25) is 0 Å². The van der Waals surface area contributed by atoms with Crippen molar-refractivity contribution in [2.24, 2.45) is 0 Å². The number of aromatic carboxylic acids is 1. The number of nitrogens with zero attached hydrogens (tertiary/aromatic N) is 1. The van der Waals surface area contributed by atoms with E-state index in [0.717, 1.165) is 5.56 Å². The third-order valence-electron chi connectivity index (χ3n) is 2.23. The van der Waals surface area contributed by atoms with Crippen molar-refractivity contribution in [3.05, 3.63) is 29.3 Å². The molecule has 0 bridgehead atoms. The summed E-state index contributed by atoms with van der Waals surface area (Å²) in [7, 11) is 1.76. The summed E-state index contributed by atoms with van der Waals surface area (Å²) in [6.45, 7) is 2.33. The fourth-order valence-corrected chi connectivity index (χ4v) is 1.41. The van der Waals surface area contributed by atoms with Crippen molar-refractivity contribution in [2.75, 3.05) is 25.1 Å². The van der Waals surface area contributed by atoms with Crippen LogP contribution in [0.25, 0.3) is 0 Å². The molecule has 0 radical (unpaired) electrons. The van der Waals surface area contributed by atoms with Crippen LogP contribution in [0.5, 0.6) is 0 Å². The maximum atomic E-state index is 11.0. The highest BCUT2D eigenvalue weighted by Crippen LogP contribution is 2.20. The number of hydrogen-bond donors (Lipinski definition) is 2. The van der Waals surface area contributed by atoms with Crippen LogP contribution >= 0.6 is 0 Å². The van der Waals surface area contributed by atoms with Gasteiger partial charge in [0.25, 0.3) is 0 Å². The molecule has 2 N–H and O–H groups in total. The van der Waals surface area contributed by atoms with Gasteiger partial charge >= 0.3 is 5.97 Å². The number of carboxylic acids is 1. The second kappa shape index (κ2) is 4.79. The van der Waals surface area contributed by atoms with E-state index in [1.54, 1.807) is 30.1 Å². The number of aryl methyl sites for hydroxylation is 1. The molecule has 1 rings (SSSR count). The van der Waals surface area contributed by atoms with Gasteiger partial charge in [0.15, 0.2) is 0 Å². The second-order valence-electron chi connectivity index (χ2n) is 3.47. The van der Waals surface area contributed by atoms with Gasteiger partial charge < -0.3 is 15.1 Å². The topological polar surface area (TPSA) is 60.8 Å². The Kier molecular flexibility index (Phi) is 3.68. The van der Waals surface area contributed by atoms with E-state index >= 15 is 0 Å². The Morgan fingerprint density at radius 3 is 2.67 bits per heavy atom. The monoisotopic (exact) mass is 209 g/mol. The van der Waals surface area contributed by atoms with E-state index in [9.17, 15) is 4.79 Å². The van der Waals surface area contributed by atoms with Crippen molar-refractivity contribution in [2.45, 2.75) is 6.92 Å². The van der Waals surface area contributed by atoms with Gasteiger partial charge in [0.2, 0.25) is 0 Å². The average molecular weight is 209 g/mol. The van der Waals surface area contributed by atoms with Crippen molar-refractivity contribution in [3.63, 3.8) is 0 Å². The molecule has 0 aliphatic rings. The Hall–Kier alpha value is -1.55. The van der Waals surface area contributed by atoms with Crippen LogP contribution in [-0.2, 0) is 0 Å². The van der Waals surface area contributed by atoms with Crippen LogP contribution in [-0.4, -0.2) is 36.4 Å². The van der Waals surface area contributed by atoms with Gasteiger partial charge in [0.05, 0.1) is 17.9 Å². The van der Waals surface area contributed by atoms with Crippen molar-refractivity contribution in [1.29, 1.82) is 0 Å². The van der Waals surface area contributed by atoms with Crippen molar-refractivity contribution >= 4 is 11.7 Å². The molecule has 0 spiro atoms. The number of aliphatic hydroxyl groups excluding tert-OH is 1. The first kappa shape index (κ1) is 11.5. The first-order valence-electron chi connectivity index (χ1n) is 4.72. The summed E-state index contributed by atoms with van der Waals surface area (Å²) in [6, 6.07) is 5.15. The van der Waals surface area contributed by atoms with Crippen LogP contribution in [0.3, 0.4) is 0 Å². The molecule has 82 valence electrons. The molecule has 0 fully saturated rings. The molecule has 1 aromatic rings. The average Bonchev–Trinajstić information content (AvgIpc) is 2.17. The molecular formula is C11H15NO3. The summed E-state index contributed by atoms with van der Waals surface area (Å²) in [5, 5.41) is 17.8. The summed E-state index contributed by atoms with van der Waals surface area (Å²) in [4.78, 5) is 12.7. The Balaban J connectivity index is 3.12. The molecule has 0 heterocycles. The van der Waals surface area contributed by atoms with Crippen LogP contribution in [0.2, 0.25) is 0 Å². The Morgan fingerprint density at radius 2 is 2.13 bits per heavy atom. The minimum absolute atomic E-state index is 0.00347. The summed E-state index contributed by atoms with van der Waals surface area (Å²) in [5.74, 6) is -0.949. The fraction of sp³-hybridized carbons (Fsp3) is 0.364. The number of likely N-dealkylation sites (N-methyl/N-ethyl adjacent to an activating group) is 1. The fourth-order valence-electron chi connectivity index (χ4n) is 1.41. The van der Waals surface area contributed by atoms with Gasteiger partial charge in [-0.2, -0.15) is 0 Å². The van der Waals surface area contributed by atoms with E-state index in [4.69, 9.17) is 10.2 Å². The summed E-state index contributed by atoms with van der Waals surface area (Å²) < 4.78 is 0. The van der Waals surface area contributed by atoms with Gasteiger partial charge in [-0.15, -0.1) is 0 Å². The zero-order valence-corrected chi connectivity index (χ0v) is 8.90. The SMILES string of the molecule is Cc1ccc(C(=O)O)c(N(C)CCO)c1. The van der Waals surface area contributed by atoms with E-state index < -0.39 is 5.97 Å². The summed E-state index contributed by atoms with van der Waals surface area (Å²) in [5.41, 5.74) is 1.90. The van der Waals surface area contributed by atoms with E-state index in [-0.39, 0.29) is 12.2 Å². The second-order valence-corrected chi connectivity index (χ2v) is 3.47. The lowest BCUT2D eigenvalue weighted by molar-refractivity contribution is 0.0697. The first-order valence-corrected chi connectivity index (χ1v) is 4.72. The number of hydrogen-bond acceptors (Lipinski definition) is 3. The predicted octanol–water partition coefficient (Wildman–Crippen LogP) is 1.12. The molecule has 0 unspecified atom stereocenters. The Morgan fingerprint density at radius 1 is 1.47 bits per heavy atom. The predicted molar refractivity (Wildman–Crippen MR) is 58.5 cm³/mol. The molecule has 0 atom stereocenters. The minimum atomic E-state index is -0.949. The van der Waals surface area contributed by atoms with Crippen molar-refractivity contribution in [3.8, 4) is 0 Å².